The van der Waals surface area contributed by atoms with Crippen LogP contribution in [0.1, 0.15) is 38.5 Å². The molecule has 2 fully saturated rings. The summed E-state index contributed by atoms with van der Waals surface area (Å²) in [6.45, 7) is 0.749. The third kappa shape index (κ3) is 3.16. The monoisotopic (exact) mass is 325 g/mol. The van der Waals surface area contributed by atoms with Crippen LogP contribution in [-0.4, -0.2) is 27.6 Å². The van der Waals surface area contributed by atoms with E-state index in [0.29, 0.717) is 12.5 Å². The molecule has 2 aromatic rings. The van der Waals surface area contributed by atoms with Gasteiger partial charge in [0, 0.05) is 31.4 Å². The van der Waals surface area contributed by atoms with Crippen LogP contribution in [0.25, 0.3) is 11.4 Å². The van der Waals surface area contributed by atoms with Crippen LogP contribution >= 0.6 is 0 Å². The number of ether oxygens (including phenoxy) is 1. The van der Waals surface area contributed by atoms with E-state index in [2.05, 4.69) is 20.9 Å². The minimum atomic E-state index is 0.145. The molecule has 2 aliphatic rings. The minimum absolute atomic E-state index is 0.145. The SMILES string of the molecule is O=C1CCC(Cn2ccnc2-c2ccccc2OC2CCCC2)N1. The molecule has 5 heteroatoms. The minimum Gasteiger partial charge on any atom is -0.490 e. The Balaban J connectivity index is 1.57. The molecule has 1 aromatic carbocycles. The van der Waals surface area contributed by atoms with Crippen LogP contribution in [0.2, 0.25) is 0 Å². The summed E-state index contributed by atoms with van der Waals surface area (Å²) in [7, 11) is 0. The Morgan fingerprint density at radius 2 is 2.04 bits per heavy atom. The van der Waals surface area contributed by atoms with Gasteiger partial charge in [-0.05, 0) is 44.2 Å². The smallest absolute Gasteiger partial charge is 0.220 e. The summed E-state index contributed by atoms with van der Waals surface area (Å²) in [6, 6.07) is 8.32. The Morgan fingerprint density at radius 3 is 2.83 bits per heavy atom. The lowest BCUT2D eigenvalue weighted by Crippen LogP contribution is -2.29. The summed E-state index contributed by atoms with van der Waals surface area (Å²) in [5.74, 6) is 1.96. The molecule has 2 heterocycles. The van der Waals surface area contributed by atoms with Crippen molar-refractivity contribution < 1.29 is 9.53 Å². The molecule has 1 aliphatic carbocycles. The van der Waals surface area contributed by atoms with Gasteiger partial charge in [-0.2, -0.15) is 0 Å². The van der Waals surface area contributed by atoms with E-state index in [1.54, 1.807) is 0 Å². The number of amides is 1. The molecule has 1 amide bonds. The quantitative estimate of drug-likeness (QED) is 0.919. The van der Waals surface area contributed by atoms with Crippen molar-refractivity contribution in [3.05, 3.63) is 36.7 Å². The van der Waals surface area contributed by atoms with Crippen LogP contribution in [0.15, 0.2) is 36.7 Å². The average Bonchev–Trinajstić information content (AvgIpc) is 3.32. The highest BCUT2D eigenvalue weighted by atomic mass is 16.5. The highest BCUT2D eigenvalue weighted by Crippen LogP contribution is 2.32. The number of nitrogens with one attached hydrogen (secondary N) is 1. The van der Waals surface area contributed by atoms with E-state index in [-0.39, 0.29) is 11.9 Å². The fourth-order valence-electron chi connectivity index (χ4n) is 3.69. The first-order valence-electron chi connectivity index (χ1n) is 8.86. The Bertz CT molecular complexity index is 719. The van der Waals surface area contributed by atoms with Crippen molar-refractivity contribution in [3.63, 3.8) is 0 Å². The van der Waals surface area contributed by atoms with Crippen LogP contribution in [-0.2, 0) is 11.3 Å². The summed E-state index contributed by atoms with van der Waals surface area (Å²) < 4.78 is 8.37. The molecule has 1 saturated carbocycles. The lowest BCUT2D eigenvalue weighted by Gasteiger charge is -2.18. The number of carbonyl (C=O) groups is 1. The lowest BCUT2D eigenvalue weighted by molar-refractivity contribution is -0.119. The first-order valence-corrected chi connectivity index (χ1v) is 8.86. The van der Waals surface area contributed by atoms with Crippen LogP contribution in [0, 0.1) is 0 Å². The highest BCUT2D eigenvalue weighted by molar-refractivity contribution is 5.78. The molecular formula is C19H23N3O2. The van der Waals surface area contributed by atoms with Crippen molar-refractivity contribution in [3.8, 4) is 17.1 Å². The predicted molar refractivity (Wildman–Crippen MR) is 91.7 cm³/mol. The number of para-hydroxylation sites is 1. The second-order valence-corrected chi connectivity index (χ2v) is 6.73. The van der Waals surface area contributed by atoms with Gasteiger partial charge in [-0.3, -0.25) is 4.79 Å². The number of hydrogen-bond donors (Lipinski definition) is 1. The van der Waals surface area contributed by atoms with Crippen LogP contribution < -0.4 is 10.1 Å². The van der Waals surface area contributed by atoms with Crippen LogP contribution in [0.5, 0.6) is 5.75 Å². The van der Waals surface area contributed by atoms with Crippen molar-refractivity contribution in [1.82, 2.24) is 14.9 Å². The van der Waals surface area contributed by atoms with Gasteiger partial charge in [-0.15, -0.1) is 0 Å². The van der Waals surface area contributed by atoms with E-state index in [1.807, 2.05) is 30.6 Å². The number of rotatable bonds is 5. The number of hydrogen-bond acceptors (Lipinski definition) is 3. The van der Waals surface area contributed by atoms with E-state index in [0.717, 1.165) is 42.9 Å². The van der Waals surface area contributed by atoms with Gasteiger partial charge in [-0.25, -0.2) is 4.98 Å². The molecule has 4 rings (SSSR count). The number of nitrogens with zero attached hydrogens (tertiary/aromatic N) is 2. The summed E-state index contributed by atoms with van der Waals surface area (Å²) >= 11 is 0. The molecule has 1 atom stereocenters. The van der Waals surface area contributed by atoms with E-state index in [4.69, 9.17) is 4.74 Å². The van der Waals surface area contributed by atoms with Crippen molar-refractivity contribution in [2.24, 2.45) is 0 Å². The zero-order valence-electron chi connectivity index (χ0n) is 13.8. The second-order valence-electron chi connectivity index (χ2n) is 6.73. The van der Waals surface area contributed by atoms with Gasteiger partial charge in [-0.1, -0.05) is 12.1 Å². The summed E-state index contributed by atoms with van der Waals surface area (Å²) in [5.41, 5.74) is 1.03. The van der Waals surface area contributed by atoms with Crippen LogP contribution in [0.3, 0.4) is 0 Å². The normalized spacial score (nSPS) is 21.2. The van der Waals surface area contributed by atoms with E-state index in [1.165, 1.54) is 12.8 Å². The number of carbonyl (C=O) groups excluding carboxylic acids is 1. The van der Waals surface area contributed by atoms with E-state index < -0.39 is 0 Å². The maximum absolute atomic E-state index is 11.4. The molecule has 0 bridgehead atoms. The fourth-order valence-corrected chi connectivity index (χ4v) is 3.69. The van der Waals surface area contributed by atoms with Gasteiger partial charge < -0.3 is 14.6 Å². The molecule has 126 valence electrons. The van der Waals surface area contributed by atoms with Crippen molar-refractivity contribution >= 4 is 5.91 Å². The topological polar surface area (TPSA) is 56.2 Å². The number of aromatic nitrogens is 2. The predicted octanol–water partition coefficient (Wildman–Crippen LogP) is 3.15. The molecule has 1 unspecified atom stereocenters. The molecule has 24 heavy (non-hydrogen) atoms. The Morgan fingerprint density at radius 1 is 1.21 bits per heavy atom. The number of imidazole rings is 1. The first-order chi connectivity index (χ1) is 11.8. The maximum atomic E-state index is 11.4. The van der Waals surface area contributed by atoms with Gasteiger partial charge >= 0.3 is 0 Å². The van der Waals surface area contributed by atoms with Crippen molar-refractivity contribution in [1.29, 1.82) is 0 Å². The Labute approximate surface area is 142 Å². The van der Waals surface area contributed by atoms with E-state index in [9.17, 15) is 4.79 Å². The zero-order chi connectivity index (χ0) is 16.4. The van der Waals surface area contributed by atoms with Crippen molar-refractivity contribution in [2.75, 3.05) is 0 Å². The van der Waals surface area contributed by atoms with Gasteiger partial charge in [0.05, 0.1) is 11.7 Å². The lowest BCUT2D eigenvalue weighted by atomic mass is 10.1. The van der Waals surface area contributed by atoms with E-state index >= 15 is 0 Å². The van der Waals surface area contributed by atoms with Gasteiger partial charge in [0.25, 0.3) is 0 Å². The Kier molecular flexibility index (Phi) is 4.24. The second kappa shape index (κ2) is 6.67. The van der Waals surface area contributed by atoms with Gasteiger partial charge in [0.15, 0.2) is 0 Å². The Hall–Kier alpha value is -2.30. The third-order valence-electron chi connectivity index (χ3n) is 4.94. The molecule has 1 aliphatic heterocycles. The van der Waals surface area contributed by atoms with Gasteiger partial charge in [0.1, 0.15) is 11.6 Å². The molecule has 0 radical (unpaired) electrons. The fraction of sp³-hybridized carbons (Fsp3) is 0.474. The summed E-state index contributed by atoms with van der Waals surface area (Å²) in [6.07, 6.45) is 10.4. The average molecular weight is 325 g/mol. The first kappa shape index (κ1) is 15.2. The largest absolute Gasteiger partial charge is 0.490 e. The third-order valence-corrected chi connectivity index (χ3v) is 4.94. The van der Waals surface area contributed by atoms with Crippen molar-refractivity contribution in [2.45, 2.75) is 57.2 Å². The molecular weight excluding hydrogens is 302 g/mol. The molecule has 5 nitrogen and oxygen atoms in total. The van der Waals surface area contributed by atoms with Gasteiger partial charge in [0.2, 0.25) is 5.91 Å². The standard InChI is InChI=1S/C19H23N3O2/c23-18-10-9-14(21-18)13-22-12-11-20-19(22)16-7-3-4-8-17(16)24-15-5-1-2-6-15/h3-4,7-8,11-12,14-15H,1-2,5-6,9-10,13H2,(H,21,23). The maximum Gasteiger partial charge on any atom is 0.220 e. The zero-order valence-corrected chi connectivity index (χ0v) is 13.8. The molecule has 0 spiro atoms. The highest BCUT2D eigenvalue weighted by Gasteiger charge is 2.23. The summed E-state index contributed by atoms with van der Waals surface area (Å²) in [4.78, 5) is 16.0. The molecule has 1 aromatic heterocycles. The summed E-state index contributed by atoms with van der Waals surface area (Å²) in [5, 5.41) is 3.03. The molecule has 1 saturated heterocycles. The number of benzene rings is 1. The molecule has 1 N–H and O–H groups in total. The van der Waals surface area contributed by atoms with Crippen LogP contribution in [0.4, 0.5) is 0 Å².